The molecule has 0 aliphatic carbocycles. The molecule has 27 heavy (non-hydrogen) atoms. The van der Waals surface area contributed by atoms with Gasteiger partial charge in [0.1, 0.15) is 5.58 Å². The van der Waals surface area contributed by atoms with Crippen LogP contribution < -0.4 is 0 Å². The van der Waals surface area contributed by atoms with Gasteiger partial charge in [-0.1, -0.05) is 18.2 Å². The summed E-state index contributed by atoms with van der Waals surface area (Å²) in [4.78, 5) is 33.6. The number of rotatable bonds is 5. The van der Waals surface area contributed by atoms with Gasteiger partial charge in [0, 0.05) is 24.0 Å². The van der Waals surface area contributed by atoms with E-state index < -0.39 is 11.8 Å². The lowest BCUT2D eigenvalue weighted by atomic mass is 10.1. The van der Waals surface area contributed by atoms with Crippen LogP contribution in [-0.4, -0.2) is 38.1 Å². The second-order valence-electron chi connectivity index (χ2n) is 5.58. The highest BCUT2D eigenvalue weighted by Gasteiger charge is 2.25. The Balaban J connectivity index is 1.80. The Morgan fingerprint density at radius 2 is 2.07 bits per heavy atom. The van der Waals surface area contributed by atoms with Crippen LogP contribution in [0.5, 0.6) is 0 Å². The van der Waals surface area contributed by atoms with E-state index in [9.17, 15) is 9.59 Å². The van der Waals surface area contributed by atoms with Gasteiger partial charge < -0.3 is 9.15 Å². The monoisotopic (exact) mass is 362 g/mol. The largest absolute Gasteiger partial charge is 0.461 e. The molecule has 0 spiro atoms. The summed E-state index contributed by atoms with van der Waals surface area (Å²) < 4.78 is 12.0. The Kier molecular flexibility index (Phi) is 4.21. The molecule has 0 radical (unpaired) electrons. The van der Waals surface area contributed by atoms with Crippen LogP contribution in [0.1, 0.15) is 33.5 Å². The molecule has 134 valence electrons. The number of carbonyl (C=O) groups excluding carboxylic acids is 2. The molecule has 8 nitrogen and oxygen atoms in total. The lowest BCUT2D eigenvalue weighted by molar-refractivity contribution is 0.0516. The summed E-state index contributed by atoms with van der Waals surface area (Å²) in [5, 5.41) is 4.82. The quantitative estimate of drug-likeness (QED) is 0.397. The van der Waals surface area contributed by atoms with Crippen molar-refractivity contribution in [2.45, 2.75) is 6.92 Å². The van der Waals surface area contributed by atoms with Crippen LogP contribution in [0.2, 0.25) is 0 Å². The highest BCUT2D eigenvalue weighted by atomic mass is 16.5. The van der Waals surface area contributed by atoms with Gasteiger partial charge in [0.05, 0.1) is 12.2 Å². The average Bonchev–Trinajstić information content (AvgIpc) is 3.37. The number of furan rings is 1. The molecule has 3 aromatic heterocycles. The van der Waals surface area contributed by atoms with Gasteiger partial charge in [0.2, 0.25) is 5.78 Å². The van der Waals surface area contributed by atoms with E-state index in [4.69, 9.17) is 9.15 Å². The Morgan fingerprint density at radius 3 is 2.81 bits per heavy atom. The number of hydrogen-bond acceptors (Lipinski definition) is 7. The van der Waals surface area contributed by atoms with Crippen LogP contribution in [0, 0.1) is 0 Å². The fraction of sp³-hybridized carbons (Fsp3) is 0.105. The molecule has 0 saturated heterocycles. The lowest BCUT2D eigenvalue weighted by Gasteiger charge is -2.08. The first-order valence-electron chi connectivity index (χ1n) is 8.25. The van der Waals surface area contributed by atoms with Gasteiger partial charge in [-0.3, -0.25) is 4.79 Å². The smallest absolute Gasteiger partial charge is 0.357 e. The normalized spacial score (nSPS) is 10.9. The first kappa shape index (κ1) is 16.6. The van der Waals surface area contributed by atoms with E-state index in [1.165, 1.54) is 10.9 Å². The van der Waals surface area contributed by atoms with Crippen LogP contribution in [0.15, 0.2) is 59.4 Å². The van der Waals surface area contributed by atoms with Crippen molar-refractivity contribution in [2.75, 3.05) is 6.61 Å². The summed E-state index contributed by atoms with van der Waals surface area (Å²) >= 11 is 0. The number of ether oxygens (including phenoxy) is 1. The SMILES string of the molecule is CCOC(=O)c1nc(-n2cccn2)ncc1C(=O)c1cc2ccccc2o1. The number of para-hydroxylation sites is 1. The second-order valence-corrected chi connectivity index (χ2v) is 5.58. The Labute approximate surface area is 153 Å². The highest BCUT2D eigenvalue weighted by molar-refractivity contribution is 6.13. The average molecular weight is 362 g/mol. The maximum atomic E-state index is 12.9. The minimum absolute atomic E-state index is 0.00316. The molecule has 4 rings (SSSR count). The van der Waals surface area contributed by atoms with E-state index in [0.29, 0.717) is 5.58 Å². The van der Waals surface area contributed by atoms with Crippen molar-refractivity contribution in [1.29, 1.82) is 0 Å². The van der Waals surface area contributed by atoms with E-state index in [1.54, 1.807) is 37.5 Å². The molecule has 0 aliphatic heterocycles. The minimum Gasteiger partial charge on any atom is -0.461 e. The fourth-order valence-corrected chi connectivity index (χ4v) is 2.62. The number of nitrogens with zero attached hydrogens (tertiary/aromatic N) is 4. The standard InChI is InChI=1S/C19H14N4O4/c1-2-26-18(25)16-13(11-20-19(22-16)23-9-5-8-21-23)17(24)15-10-12-6-3-4-7-14(12)27-15/h3-11H,2H2,1H3. The van der Waals surface area contributed by atoms with Crippen molar-refractivity contribution >= 4 is 22.7 Å². The van der Waals surface area contributed by atoms with Gasteiger partial charge in [0.15, 0.2) is 11.5 Å². The summed E-state index contributed by atoms with van der Waals surface area (Å²) in [5.41, 5.74) is 0.443. The van der Waals surface area contributed by atoms with Crippen molar-refractivity contribution < 1.29 is 18.7 Å². The topological polar surface area (TPSA) is 100 Å². The molecule has 1 aromatic carbocycles. The van der Waals surface area contributed by atoms with Gasteiger partial charge in [-0.15, -0.1) is 0 Å². The van der Waals surface area contributed by atoms with Crippen molar-refractivity contribution in [3.8, 4) is 5.95 Å². The molecular weight excluding hydrogens is 348 g/mol. The molecule has 0 saturated carbocycles. The third-order valence-electron chi connectivity index (χ3n) is 3.85. The molecule has 0 atom stereocenters. The number of esters is 1. The first-order valence-corrected chi connectivity index (χ1v) is 8.25. The molecule has 0 fully saturated rings. The van der Waals surface area contributed by atoms with E-state index >= 15 is 0 Å². The highest BCUT2D eigenvalue weighted by Crippen LogP contribution is 2.22. The van der Waals surface area contributed by atoms with Gasteiger partial charge in [-0.25, -0.2) is 19.4 Å². The second kappa shape index (κ2) is 6.83. The summed E-state index contributed by atoms with van der Waals surface area (Å²) in [6.07, 6.45) is 4.47. The third-order valence-corrected chi connectivity index (χ3v) is 3.85. The Hall–Kier alpha value is -3.81. The number of ketones is 1. The Bertz CT molecular complexity index is 1100. The van der Waals surface area contributed by atoms with Crippen molar-refractivity contribution in [1.82, 2.24) is 19.7 Å². The molecule has 8 heteroatoms. The summed E-state index contributed by atoms with van der Waals surface area (Å²) in [6, 6.07) is 10.6. The molecule has 0 N–H and O–H groups in total. The van der Waals surface area contributed by atoms with E-state index in [0.717, 1.165) is 5.39 Å². The number of benzene rings is 1. The van der Waals surface area contributed by atoms with Gasteiger partial charge in [-0.2, -0.15) is 5.10 Å². The molecule has 3 heterocycles. The maximum Gasteiger partial charge on any atom is 0.357 e. The van der Waals surface area contributed by atoms with Crippen LogP contribution in [0.4, 0.5) is 0 Å². The first-order chi connectivity index (χ1) is 13.2. The molecule has 4 aromatic rings. The summed E-state index contributed by atoms with van der Waals surface area (Å²) in [7, 11) is 0. The zero-order valence-electron chi connectivity index (χ0n) is 14.3. The lowest BCUT2D eigenvalue weighted by Crippen LogP contribution is -2.17. The predicted molar refractivity (Wildman–Crippen MR) is 94.8 cm³/mol. The molecule has 0 unspecified atom stereocenters. The molecule has 0 bridgehead atoms. The van der Waals surface area contributed by atoms with Crippen LogP contribution >= 0.6 is 0 Å². The zero-order chi connectivity index (χ0) is 18.8. The van der Waals surface area contributed by atoms with Crippen molar-refractivity contribution in [3.05, 3.63) is 72.0 Å². The number of fused-ring (bicyclic) bond motifs is 1. The molecular formula is C19H14N4O4. The van der Waals surface area contributed by atoms with Crippen LogP contribution in [0.25, 0.3) is 16.9 Å². The number of hydrogen-bond donors (Lipinski definition) is 0. The summed E-state index contributed by atoms with van der Waals surface area (Å²) in [5.74, 6) is -0.963. The van der Waals surface area contributed by atoms with Crippen molar-refractivity contribution in [3.63, 3.8) is 0 Å². The molecule has 0 amide bonds. The van der Waals surface area contributed by atoms with Gasteiger partial charge >= 0.3 is 5.97 Å². The van der Waals surface area contributed by atoms with Crippen LogP contribution in [-0.2, 0) is 4.74 Å². The fourth-order valence-electron chi connectivity index (χ4n) is 2.62. The van der Waals surface area contributed by atoms with E-state index in [-0.39, 0.29) is 29.6 Å². The third kappa shape index (κ3) is 3.08. The number of aromatic nitrogens is 4. The predicted octanol–water partition coefficient (Wildman–Crippen LogP) is 2.82. The minimum atomic E-state index is -0.715. The number of carbonyl (C=O) groups is 2. The Morgan fingerprint density at radius 1 is 1.22 bits per heavy atom. The van der Waals surface area contributed by atoms with Gasteiger partial charge in [-0.05, 0) is 25.1 Å². The summed E-state index contributed by atoms with van der Waals surface area (Å²) in [6.45, 7) is 1.83. The van der Waals surface area contributed by atoms with Crippen LogP contribution in [0.3, 0.4) is 0 Å². The van der Waals surface area contributed by atoms with Crippen molar-refractivity contribution in [2.24, 2.45) is 0 Å². The van der Waals surface area contributed by atoms with Gasteiger partial charge in [0.25, 0.3) is 5.95 Å². The molecule has 0 aliphatic rings. The zero-order valence-corrected chi connectivity index (χ0v) is 14.3. The maximum absolute atomic E-state index is 12.9. The van der Waals surface area contributed by atoms with E-state index in [2.05, 4.69) is 15.1 Å². The van der Waals surface area contributed by atoms with E-state index in [1.807, 2.05) is 18.2 Å².